The molecule has 1 heterocycles. The van der Waals surface area contributed by atoms with Gasteiger partial charge < -0.3 is 5.73 Å². The predicted molar refractivity (Wildman–Crippen MR) is 45.0 cm³/mol. The van der Waals surface area contributed by atoms with E-state index in [1.807, 2.05) is 4.98 Å². The van der Waals surface area contributed by atoms with Crippen molar-refractivity contribution in [1.82, 2.24) is 9.55 Å². The zero-order valence-corrected chi connectivity index (χ0v) is 6.92. The Morgan fingerprint density at radius 1 is 1.54 bits per heavy atom. The fraction of sp³-hybridized carbons (Fsp3) is 0.429. The Kier molecular flexibility index (Phi) is 2.97. The van der Waals surface area contributed by atoms with Crippen LogP contribution >= 0.6 is 0 Å². The molecule has 0 atom stereocenters. The van der Waals surface area contributed by atoms with Crippen molar-refractivity contribution >= 4 is 0 Å². The second-order valence-electron chi connectivity index (χ2n) is 2.57. The van der Waals surface area contributed by atoms with Crippen LogP contribution in [0.25, 0.3) is 0 Å². The Morgan fingerprint density at radius 2 is 2.23 bits per heavy atom. The zero-order valence-electron chi connectivity index (χ0n) is 6.92. The third-order valence-electron chi connectivity index (χ3n) is 1.57. The quantitative estimate of drug-likeness (QED) is 0.638. The van der Waals surface area contributed by atoms with Gasteiger partial charge in [-0.2, -0.15) is 4.39 Å². The standard InChI is InChI=1S/C7H10FN3O2/c8-5-4-11(3-1-2-9)7(13)10-6(5)12/h4H,1-3,9H2,(H,10,12,13). The highest BCUT2D eigenvalue weighted by molar-refractivity contribution is 4.86. The van der Waals surface area contributed by atoms with Crippen LogP contribution in [0.3, 0.4) is 0 Å². The molecule has 0 bridgehead atoms. The van der Waals surface area contributed by atoms with Crippen molar-refractivity contribution in [3.8, 4) is 0 Å². The fourth-order valence-electron chi connectivity index (χ4n) is 0.910. The van der Waals surface area contributed by atoms with Gasteiger partial charge in [-0.3, -0.25) is 14.3 Å². The first-order valence-electron chi connectivity index (χ1n) is 3.84. The number of halogens is 1. The second kappa shape index (κ2) is 3.99. The summed E-state index contributed by atoms with van der Waals surface area (Å²) in [5, 5.41) is 0. The van der Waals surface area contributed by atoms with Gasteiger partial charge in [0.1, 0.15) is 0 Å². The van der Waals surface area contributed by atoms with Gasteiger partial charge in [0.25, 0.3) is 5.56 Å². The van der Waals surface area contributed by atoms with E-state index in [1.165, 1.54) is 0 Å². The minimum atomic E-state index is -0.992. The molecule has 0 aliphatic carbocycles. The highest BCUT2D eigenvalue weighted by Gasteiger charge is 2.02. The molecular weight excluding hydrogens is 177 g/mol. The number of nitrogens with zero attached hydrogens (tertiary/aromatic N) is 1. The van der Waals surface area contributed by atoms with Gasteiger partial charge in [-0.05, 0) is 13.0 Å². The van der Waals surface area contributed by atoms with Crippen LogP contribution in [-0.2, 0) is 6.54 Å². The summed E-state index contributed by atoms with van der Waals surface area (Å²) in [5.41, 5.74) is 3.61. The van der Waals surface area contributed by atoms with E-state index in [1.54, 1.807) is 0 Å². The van der Waals surface area contributed by atoms with Gasteiger partial charge in [-0.25, -0.2) is 4.79 Å². The third-order valence-corrected chi connectivity index (χ3v) is 1.57. The van der Waals surface area contributed by atoms with Crippen molar-refractivity contribution in [2.24, 2.45) is 5.73 Å². The van der Waals surface area contributed by atoms with Crippen LogP contribution in [0.5, 0.6) is 0 Å². The molecule has 1 aromatic heterocycles. The zero-order chi connectivity index (χ0) is 9.84. The first-order valence-corrected chi connectivity index (χ1v) is 3.84. The lowest BCUT2D eigenvalue weighted by atomic mass is 10.4. The molecule has 0 radical (unpaired) electrons. The molecule has 0 aromatic carbocycles. The Bertz CT molecular complexity index is 395. The van der Waals surface area contributed by atoms with E-state index >= 15 is 0 Å². The largest absolute Gasteiger partial charge is 0.330 e. The Balaban J connectivity index is 3.02. The van der Waals surface area contributed by atoms with Gasteiger partial charge in [0.15, 0.2) is 0 Å². The van der Waals surface area contributed by atoms with Gasteiger partial charge in [-0.15, -0.1) is 0 Å². The summed E-state index contributed by atoms with van der Waals surface area (Å²) in [6.07, 6.45) is 1.45. The molecule has 0 amide bonds. The molecule has 5 nitrogen and oxygen atoms in total. The smallest absolute Gasteiger partial charge is 0.328 e. The fourth-order valence-corrected chi connectivity index (χ4v) is 0.910. The molecule has 0 unspecified atom stereocenters. The monoisotopic (exact) mass is 187 g/mol. The Labute approximate surface area is 73.0 Å². The molecule has 1 aromatic rings. The van der Waals surface area contributed by atoms with Crippen LogP contribution in [0.15, 0.2) is 15.8 Å². The Hall–Kier alpha value is -1.43. The van der Waals surface area contributed by atoms with Crippen LogP contribution in [0.1, 0.15) is 6.42 Å². The van der Waals surface area contributed by atoms with Crippen molar-refractivity contribution in [1.29, 1.82) is 0 Å². The number of aromatic nitrogens is 2. The maximum atomic E-state index is 12.7. The molecule has 0 spiro atoms. The van der Waals surface area contributed by atoms with E-state index in [-0.39, 0.29) is 0 Å². The second-order valence-corrected chi connectivity index (χ2v) is 2.57. The van der Waals surface area contributed by atoms with Gasteiger partial charge in [0, 0.05) is 6.54 Å². The molecule has 0 aliphatic rings. The number of nitrogens with two attached hydrogens (primary N) is 1. The molecule has 72 valence electrons. The van der Waals surface area contributed by atoms with E-state index in [9.17, 15) is 14.0 Å². The first kappa shape index (κ1) is 9.66. The van der Waals surface area contributed by atoms with Gasteiger partial charge in [0.2, 0.25) is 5.82 Å². The van der Waals surface area contributed by atoms with E-state index in [0.717, 1.165) is 10.8 Å². The molecule has 6 heteroatoms. The van der Waals surface area contributed by atoms with Crippen molar-refractivity contribution in [2.75, 3.05) is 6.54 Å². The van der Waals surface area contributed by atoms with Crippen molar-refractivity contribution in [3.05, 3.63) is 32.9 Å². The molecule has 3 N–H and O–H groups in total. The maximum Gasteiger partial charge on any atom is 0.328 e. The van der Waals surface area contributed by atoms with Crippen LogP contribution < -0.4 is 17.0 Å². The molecule has 13 heavy (non-hydrogen) atoms. The molecule has 0 saturated carbocycles. The summed E-state index contributed by atoms with van der Waals surface area (Å²) in [7, 11) is 0. The molecule has 1 rings (SSSR count). The van der Waals surface area contributed by atoms with Crippen LogP contribution in [0.4, 0.5) is 4.39 Å². The number of hydrogen-bond acceptors (Lipinski definition) is 3. The van der Waals surface area contributed by atoms with Gasteiger partial charge in [0.05, 0.1) is 6.20 Å². The minimum Gasteiger partial charge on any atom is -0.330 e. The summed E-state index contributed by atoms with van der Waals surface area (Å²) in [6, 6.07) is 0. The lowest BCUT2D eigenvalue weighted by molar-refractivity contribution is 0.540. The number of aromatic amines is 1. The summed E-state index contributed by atoms with van der Waals surface area (Å²) in [6.45, 7) is 0.718. The molecule has 0 saturated heterocycles. The summed E-state index contributed by atoms with van der Waals surface area (Å²) in [5.74, 6) is -0.961. The SMILES string of the molecule is NCCCn1cc(F)c(=O)[nH]c1=O. The van der Waals surface area contributed by atoms with E-state index < -0.39 is 17.1 Å². The summed E-state index contributed by atoms with van der Waals surface area (Å²) in [4.78, 5) is 23.4. The molecular formula is C7H10FN3O2. The first-order chi connectivity index (χ1) is 6.15. The lowest BCUT2D eigenvalue weighted by Gasteiger charge is -2.02. The van der Waals surface area contributed by atoms with E-state index in [2.05, 4.69) is 0 Å². The van der Waals surface area contributed by atoms with Gasteiger partial charge >= 0.3 is 5.69 Å². The maximum absolute atomic E-state index is 12.7. The lowest BCUT2D eigenvalue weighted by Crippen LogP contribution is -2.31. The third kappa shape index (κ3) is 2.25. The molecule has 0 fully saturated rings. The summed E-state index contributed by atoms with van der Waals surface area (Å²) >= 11 is 0. The topological polar surface area (TPSA) is 80.9 Å². The minimum absolute atomic E-state index is 0.309. The predicted octanol–water partition coefficient (Wildman–Crippen LogP) is -0.976. The highest BCUT2D eigenvalue weighted by atomic mass is 19.1. The normalized spacial score (nSPS) is 10.3. The van der Waals surface area contributed by atoms with Crippen molar-refractivity contribution in [3.63, 3.8) is 0 Å². The number of H-pyrrole nitrogens is 1. The summed E-state index contributed by atoms with van der Waals surface area (Å²) < 4.78 is 13.7. The van der Waals surface area contributed by atoms with Crippen LogP contribution in [-0.4, -0.2) is 16.1 Å². The van der Waals surface area contributed by atoms with Gasteiger partial charge in [-0.1, -0.05) is 0 Å². The molecule has 0 aliphatic heterocycles. The average Bonchev–Trinajstić information content (AvgIpc) is 2.09. The number of aryl methyl sites for hydroxylation is 1. The van der Waals surface area contributed by atoms with Crippen molar-refractivity contribution < 1.29 is 4.39 Å². The van der Waals surface area contributed by atoms with E-state index in [0.29, 0.717) is 19.5 Å². The van der Waals surface area contributed by atoms with Crippen LogP contribution in [0.2, 0.25) is 0 Å². The Morgan fingerprint density at radius 3 is 2.85 bits per heavy atom. The van der Waals surface area contributed by atoms with Crippen LogP contribution in [0, 0.1) is 5.82 Å². The highest BCUT2D eigenvalue weighted by Crippen LogP contribution is 1.86. The number of nitrogens with one attached hydrogen (secondary N) is 1. The average molecular weight is 187 g/mol. The number of hydrogen-bond donors (Lipinski definition) is 2. The van der Waals surface area contributed by atoms with Crippen molar-refractivity contribution in [2.45, 2.75) is 13.0 Å². The number of rotatable bonds is 3. The van der Waals surface area contributed by atoms with E-state index in [4.69, 9.17) is 5.73 Å².